The average molecular weight is 564 g/mol. The zero-order chi connectivity index (χ0) is 28.7. The highest BCUT2D eigenvalue weighted by molar-refractivity contribution is 5.85. The first-order chi connectivity index (χ1) is 19.7. The van der Waals surface area contributed by atoms with Crippen molar-refractivity contribution in [3.05, 3.63) is 59.9 Å². The van der Waals surface area contributed by atoms with Crippen molar-refractivity contribution in [1.82, 2.24) is 39.7 Å². The van der Waals surface area contributed by atoms with Crippen LogP contribution in [0.15, 0.2) is 43.0 Å². The fourth-order valence-electron chi connectivity index (χ4n) is 4.74. The van der Waals surface area contributed by atoms with Crippen molar-refractivity contribution in [2.45, 2.75) is 51.9 Å². The third-order valence-corrected chi connectivity index (χ3v) is 6.83. The number of hydrogen-bond donors (Lipinski definition) is 2. The fourth-order valence-corrected chi connectivity index (χ4v) is 4.74. The van der Waals surface area contributed by atoms with Crippen LogP contribution in [0, 0.1) is 5.92 Å². The van der Waals surface area contributed by atoms with E-state index in [1.807, 2.05) is 26.0 Å². The maximum absolute atomic E-state index is 13.4. The van der Waals surface area contributed by atoms with Gasteiger partial charge in [0.2, 0.25) is 5.88 Å². The molecule has 0 spiro atoms. The van der Waals surface area contributed by atoms with Gasteiger partial charge in [0, 0.05) is 19.0 Å². The molecule has 2 N–H and O–H groups in total. The molecule has 1 aromatic carbocycles. The van der Waals surface area contributed by atoms with Crippen LogP contribution >= 0.6 is 0 Å². The molecule has 1 aliphatic rings. The van der Waals surface area contributed by atoms with Gasteiger partial charge in [-0.05, 0) is 36.0 Å². The molecule has 0 amide bonds. The van der Waals surface area contributed by atoms with Crippen LogP contribution in [0.25, 0.3) is 33.8 Å². The summed E-state index contributed by atoms with van der Waals surface area (Å²) in [5.74, 6) is 1.82. The summed E-state index contributed by atoms with van der Waals surface area (Å²) in [4.78, 5) is 25.6. The maximum atomic E-state index is 13.4. The highest BCUT2D eigenvalue weighted by Crippen LogP contribution is 2.45. The van der Waals surface area contributed by atoms with Crippen LogP contribution in [-0.4, -0.2) is 46.8 Å². The largest absolute Gasteiger partial charge is 0.480 e. The van der Waals surface area contributed by atoms with E-state index in [-0.39, 0.29) is 5.92 Å². The van der Waals surface area contributed by atoms with Crippen molar-refractivity contribution in [1.29, 1.82) is 0 Å². The van der Waals surface area contributed by atoms with Crippen molar-refractivity contribution in [2.24, 2.45) is 5.92 Å². The minimum Gasteiger partial charge on any atom is -0.480 e. The number of aromatic nitrogens is 8. The molecule has 6 rings (SSSR count). The van der Waals surface area contributed by atoms with Gasteiger partial charge in [0.25, 0.3) is 0 Å². The van der Waals surface area contributed by atoms with Gasteiger partial charge in [-0.25, -0.2) is 24.9 Å². The number of nitrogens with one attached hydrogen (secondary N) is 2. The molecule has 4 heterocycles. The van der Waals surface area contributed by atoms with Gasteiger partial charge in [-0.15, -0.1) is 0 Å². The van der Waals surface area contributed by atoms with Crippen LogP contribution in [0.3, 0.4) is 0 Å². The molecule has 0 atom stereocenters. The SMILES string of the molecule is COc1ncnc(C2CC2)c1-c1nc(NCc2ccc(-c3cc(C(F)(F)F)nn3CC(C)C)cc2)c2[nH]cnc2n1. The van der Waals surface area contributed by atoms with E-state index >= 15 is 0 Å². The summed E-state index contributed by atoms with van der Waals surface area (Å²) in [5, 5.41) is 7.18. The number of benzene rings is 1. The predicted molar refractivity (Wildman–Crippen MR) is 146 cm³/mol. The third kappa shape index (κ3) is 5.43. The van der Waals surface area contributed by atoms with Crippen LogP contribution in [-0.2, 0) is 19.3 Å². The van der Waals surface area contributed by atoms with Crippen molar-refractivity contribution in [2.75, 3.05) is 12.4 Å². The first-order valence-corrected chi connectivity index (χ1v) is 13.3. The molecule has 212 valence electrons. The Hall–Kier alpha value is -4.55. The number of nitrogens with zero attached hydrogens (tertiary/aromatic N) is 7. The Morgan fingerprint density at radius 3 is 2.56 bits per heavy atom. The molecule has 10 nitrogen and oxygen atoms in total. The van der Waals surface area contributed by atoms with Gasteiger partial charge in [0.05, 0.1) is 24.8 Å². The van der Waals surface area contributed by atoms with Crippen LogP contribution in [0.4, 0.5) is 19.0 Å². The van der Waals surface area contributed by atoms with E-state index in [2.05, 4.69) is 35.3 Å². The molecule has 5 aromatic rings. The number of hydrogen-bond acceptors (Lipinski definition) is 8. The lowest BCUT2D eigenvalue weighted by Gasteiger charge is -2.13. The zero-order valence-electron chi connectivity index (χ0n) is 22.7. The number of imidazole rings is 1. The van der Waals surface area contributed by atoms with Gasteiger partial charge in [0.15, 0.2) is 23.0 Å². The number of rotatable bonds is 9. The Bertz CT molecular complexity index is 1690. The molecule has 0 unspecified atom stereocenters. The maximum Gasteiger partial charge on any atom is 0.435 e. The summed E-state index contributed by atoms with van der Waals surface area (Å²) >= 11 is 0. The fraction of sp³-hybridized carbons (Fsp3) is 0.357. The van der Waals surface area contributed by atoms with E-state index in [9.17, 15) is 13.2 Å². The number of ether oxygens (including phenoxy) is 1. The van der Waals surface area contributed by atoms with Crippen LogP contribution in [0.1, 0.15) is 49.6 Å². The van der Waals surface area contributed by atoms with E-state index < -0.39 is 11.9 Å². The molecular formula is C28H28F3N9O. The second-order valence-corrected chi connectivity index (χ2v) is 10.5. The van der Waals surface area contributed by atoms with Gasteiger partial charge in [-0.3, -0.25) is 4.68 Å². The van der Waals surface area contributed by atoms with Gasteiger partial charge in [-0.1, -0.05) is 38.1 Å². The van der Waals surface area contributed by atoms with Crippen molar-refractivity contribution >= 4 is 17.0 Å². The Labute approximate surface area is 233 Å². The summed E-state index contributed by atoms with van der Waals surface area (Å²) < 4.78 is 47.1. The minimum absolute atomic E-state index is 0.137. The van der Waals surface area contributed by atoms with E-state index in [1.54, 1.807) is 25.6 Å². The Kier molecular flexibility index (Phi) is 6.80. The van der Waals surface area contributed by atoms with Crippen LogP contribution < -0.4 is 10.1 Å². The number of H-pyrrole nitrogens is 1. The van der Waals surface area contributed by atoms with Gasteiger partial charge >= 0.3 is 6.18 Å². The lowest BCUT2D eigenvalue weighted by atomic mass is 10.1. The monoisotopic (exact) mass is 563 g/mol. The molecule has 1 aliphatic carbocycles. The number of anilines is 1. The van der Waals surface area contributed by atoms with Crippen molar-refractivity contribution in [3.63, 3.8) is 0 Å². The van der Waals surface area contributed by atoms with Gasteiger partial charge in [0.1, 0.15) is 17.4 Å². The average Bonchev–Trinajstić information content (AvgIpc) is 3.53. The topological polar surface area (TPSA) is 119 Å². The molecule has 13 heteroatoms. The van der Waals surface area contributed by atoms with E-state index in [1.165, 1.54) is 11.0 Å². The molecule has 41 heavy (non-hydrogen) atoms. The summed E-state index contributed by atoms with van der Waals surface area (Å²) in [6.45, 7) is 4.67. The van der Waals surface area contributed by atoms with E-state index in [0.717, 1.165) is 30.2 Å². The quantitative estimate of drug-likeness (QED) is 0.229. The van der Waals surface area contributed by atoms with E-state index in [0.29, 0.717) is 64.5 Å². The molecule has 1 fully saturated rings. The lowest BCUT2D eigenvalue weighted by Crippen LogP contribution is -2.11. The smallest absolute Gasteiger partial charge is 0.435 e. The minimum atomic E-state index is -4.51. The van der Waals surface area contributed by atoms with Crippen molar-refractivity contribution < 1.29 is 17.9 Å². The standard InChI is InChI=1S/C28H28F3N9O/c1-15(2)12-40-19(10-20(39-40)28(29,30)31)17-6-4-16(5-7-17)11-32-25-23-26(35-13-34-23)38-24(37-25)21-22(18-8-9-18)33-14-36-27(21)41-3/h4-7,10,13-15,18H,8-9,11-12H2,1-3H3,(H2,32,34,35,37,38). The van der Waals surface area contributed by atoms with Crippen molar-refractivity contribution in [3.8, 4) is 28.5 Å². The molecule has 0 radical (unpaired) electrons. The zero-order valence-corrected chi connectivity index (χ0v) is 22.7. The molecule has 0 aliphatic heterocycles. The summed E-state index contributed by atoms with van der Waals surface area (Å²) in [6, 6.07) is 8.44. The van der Waals surface area contributed by atoms with Crippen LogP contribution in [0.5, 0.6) is 5.88 Å². The molecule has 0 bridgehead atoms. The van der Waals surface area contributed by atoms with Crippen LogP contribution in [0.2, 0.25) is 0 Å². The molecule has 0 saturated heterocycles. The Balaban J connectivity index is 1.28. The normalized spacial score (nSPS) is 13.7. The summed E-state index contributed by atoms with van der Waals surface area (Å²) in [5.41, 5.74) is 3.74. The number of methoxy groups -OCH3 is 1. The number of alkyl halides is 3. The first kappa shape index (κ1) is 26.7. The van der Waals surface area contributed by atoms with Gasteiger partial charge < -0.3 is 15.0 Å². The Morgan fingerprint density at radius 1 is 1.10 bits per heavy atom. The second-order valence-electron chi connectivity index (χ2n) is 10.5. The summed E-state index contributed by atoms with van der Waals surface area (Å²) in [7, 11) is 1.55. The molecule has 4 aromatic heterocycles. The summed E-state index contributed by atoms with van der Waals surface area (Å²) in [6.07, 6.45) is 0.610. The predicted octanol–water partition coefficient (Wildman–Crippen LogP) is 5.85. The first-order valence-electron chi connectivity index (χ1n) is 13.3. The lowest BCUT2D eigenvalue weighted by molar-refractivity contribution is -0.141. The molecule has 1 saturated carbocycles. The van der Waals surface area contributed by atoms with E-state index in [4.69, 9.17) is 9.72 Å². The highest BCUT2D eigenvalue weighted by atomic mass is 19.4. The van der Waals surface area contributed by atoms with Gasteiger partial charge in [-0.2, -0.15) is 18.3 Å². The number of fused-ring (bicyclic) bond motifs is 1. The Morgan fingerprint density at radius 2 is 1.88 bits per heavy atom. The second kappa shape index (κ2) is 10.5. The third-order valence-electron chi connectivity index (χ3n) is 6.83. The number of aromatic amines is 1. The molecular weight excluding hydrogens is 535 g/mol. The number of halogens is 3. The highest BCUT2D eigenvalue weighted by Gasteiger charge is 2.35.